The third-order valence-corrected chi connectivity index (χ3v) is 4.55. The first-order valence-corrected chi connectivity index (χ1v) is 8.90. The third-order valence-electron chi connectivity index (χ3n) is 4.55. The zero-order chi connectivity index (χ0) is 21.0. The summed E-state index contributed by atoms with van der Waals surface area (Å²) in [5.74, 6) is -0.460. The summed E-state index contributed by atoms with van der Waals surface area (Å²) in [4.78, 5) is 28.1. The second-order valence-corrected chi connectivity index (χ2v) is 6.54. The molecule has 2 heterocycles. The molecule has 3 aromatic rings. The van der Waals surface area contributed by atoms with Gasteiger partial charge in [-0.05, 0) is 47.4 Å². The molecule has 0 radical (unpaired) electrons. The number of carbonyl (C=O) groups excluding carboxylic acids is 1. The number of benzene rings is 1. The smallest absolute Gasteiger partial charge is 0.350 e. The van der Waals surface area contributed by atoms with Gasteiger partial charge in [0, 0.05) is 12.7 Å². The van der Waals surface area contributed by atoms with Crippen molar-refractivity contribution in [3.8, 4) is 16.8 Å². The lowest BCUT2D eigenvalue weighted by atomic mass is 9.99. The van der Waals surface area contributed by atoms with E-state index < -0.39 is 11.6 Å². The molecule has 0 aliphatic carbocycles. The topological polar surface area (TPSA) is 122 Å². The van der Waals surface area contributed by atoms with Crippen LogP contribution in [-0.4, -0.2) is 31.8 Å². The van der Waals surface area contributed by atoms with Crippen molar-refractivity contribution in [3.63, 3.8) is 0 Å². The number of rotatable bonds is 7. The number of pyridine rings is 1. The average Bonchev–Trinajstić information content (AvgIpc) is 3.06. The van der Waals surface area contributed by atoms with Crippen molar-refractivity contribution in [2.24, 2.45) is 11.5 Å². The van der Waals surface area contributed by atoms with Crippen molar-refractivity contribution < 1.29 is 9.18 Å². The van der Waals surface area contributed by atoms with Crippen molar-refractivity contribution in [2.75, 3.05) is 6.54 Å². The van der Waals surface area contributed by atoms with Gasteiger partial charge in [-0.25, -0.2) is 18.4 Å². The highest BCUT2D eigenvalue weighted by Gasteiger charge is 2.13. The van der Waals surface area contributed by atoms with Crippen LogP contribution in [0.25, 0.3) is 16.8 Å². The van der Waals surface area contributed by atoms with E-state index in [2.05, 4.69) is 10.1 Å². The maximum atomic E-state index is 12.8. The molecule has 9 heteroatoms. The Hall–Kier alpha value is -3.59. The molecular weight excluding hydrogens is 375 g/mol. The normalized spacial score (nSPS) is 11.6. The summed E-state index contributed by atoms with van der Waals surface area (Å²) in [5, 5.41) is 4.06. The Morgan fingerprint density at radius 1 is 1.31 bits per heavy atom. The van der Waals surface area contributed by atoms with Gasteiger partial charge in [-0.15, -0.1) is 0 Å². The van der Waals surface area contributed by atoms with E-state index in [1.807, 2.05) is 25.1 Å². The summed E-state index contributed by atoms with van der Waals surface area (Å²) in [5.41, 5.74) is 14.4. The first kappa shape index (κ1) is 20.2. The Balaban J connectivity index is 2.02. The summed E-state index contributed by atoms with van der Waals surface area (Å²) in [6, 6.07) is 9.15. The number of nitrogens with zero attached hydrogens (tertiary/aromatic N) is 4. The highest BCUT2D eigenvalue weighted by Crippen LogP contribution is 2.27. The number of halogens is 1. The van der Waals surface area contributed by atoms with Gasteiger partial charge in [-0.1, -0.05) is 12.1 Å². The second kappa shape index (κ2) is 8.61. The van der Waals surface area contributed by atoms with E-state index in [1.54, 1.807) is 18.3 Å². The molecule has 0 saturated carbocycles. The molecule has 150 valence electrons. The van der Waals surface area contributed by atoms with E-state index >= 15 is 0 Å². The summed E-state index contributed by atoms with van der Waals surface area (Å²) >= 11 is 0. The molecule has 3 rings (SSSR count). The maximum Gasteiger partial charge on any atom is 0.350 e. The molecule has 0 aliphatic rings. The van der Waals surface area contributed by atoms with Crippen LogP contribution in [0.2, 0.25) is 0 Å². The van der Waals surface area contributed by atoms with Crippen molar-refractivity contribution in [3.05, 3.63) is 76.5 Å². The molecule has 4 N–H and O–H groups in total. The quantitative estimate of drug-likeness (QED) is 0.622. The van der Waals surface area contributed by atoms with Gasteiger partial charge in [0.15, 0.2) is 0 Å². The van der Waals surface area contributed by atoms with E-state index in [9.17, 15) is 14.0 Å². The molecule has 0 saturated heterocycles. The van der Waals surface area contributed by atoms with Crippen molar-refractivity contribution in [1.82, 2.24) is 19.3 Å². The number of primary amides is 1. The summed E-state index contributed by atoms with van der Waals surface area (Å²) < 4.78 is 15.3. The SMILES string of the molecule is Cc1c(-c2ccnc(CC(N)=O)c2)cccc1-n1cnn(C/C(=C/F)CN)c1=O. The summed E-state index contributed by atoms with van der Waals surface area (Å²) in [6.45, 7) is 1.87. The highest BCUT2D eigenvalue weighted by molar-refractivity contribution is 5.77. The van der Waals surface area contributed by atoms with Gasteiger partial charge in [0.1, 0.15) is 6.33 Å². The van der Waals surface area contributed by atoms with Crippen LogP contribution in [0.15, 0.2) is 59.6 Å². The standard InChI is InChI=1S/C20H21FN6O2/c1-13-17(15-5-6-24-16(7-15)8-19(23)28)3-2-4-18(13)26-12-25-27(20(26)29)11-14(9-21)10-22/h2-7,9,12H,8,10-11,22H2,1H3,(H2,23,28)/b14-9+. The van der Waals surface area contributed by atoms with Gasteiger partial charge in [-0.2, -0.15) is 5.10 Å². The molecule has 0 aliphatic heterocycles. The fourth-order valence-electron chi connectivity index (χ4n) is 3.06. The van der Waals surface area contributed by atoms with Crippen molar-refractivity contribution in [2.45, 2.75) is 19.9 Å². The van der Waals surface area contributed by atoms with Crippen LogP contribution in [-0.2, 0) is 17.8 Å². The van der Waals surface area contributed by atoms with Gasteiger partial charge in [0.05, 0.1) is 30.7 Å². The highest BCUT2D eigenvalue weighted by atomic mass is 19.1. The Labute approximate surface area is 166 Å². The van der Waals surface area contributed by atoms with Crippen LogP contribution in [0.4, 0.5) is 4.39 Å². The van der Waals surface area contributed by atoms with Crippen molar-refractivity contribution in [1.29, 1.82) is 0 Å². The molecule has 8 nitrogen and oxygen atoms in total. The Kier molecular flexibility index (Phi) is 5.99. The van der Waals surface area contributed by atoms with Crippen LogP contribution in [0.3, 0.4) is 0 Å². The zero-order valence-electron chi connectivity index (χ0n) is 15.9. The van der Waals surface area contributed by atoms with E-state index in [-0.39, 0.29) is 25.1 Å². The number of hydrogen-bond donors (Lipinski definition) is 2. The van der Waals surface area contributed by atoms with E-state index in [0.717, 1.165) is 21.4 Å². The van der Waals surface area contributed by atoms with Crippen molar-refractivity contribution >= 4 is 5.91 Å². The van der Waals surface area contributed by atoms with E-state index in [4.69, 9.17) is 11.5 Å². The number of nitrogens with two attached hydrogens (primary N) is 2. The molecule has 0 bridgehead atoms. The monoisotopic (exact) mass is 396 g/mol. The van der Waals surface area contributed by atoms with Gasteiger partial charge < -0.3 is 11.5 Å². The molecule has 0 atom stereocenters. The molecule has 0 spiro atoms. The number of carbonyl (C=O) groups is 1. The number of aromatic nitrogens is 4. The molecule has 0 unspecified atom stereocenters. The van der Waals surface area contributed by atoms with E-state index in [1.165, 1.54) is 10.9 Å². The molecule has 1 aromatic carbocycles. The van der Waals surface area contributed by atoms with Gasteiger partial charge in [0.25, 0.3) is 0 Å². The number of amides is 1. The number of hydrogen-bond acceptors (Lipinski definition) is 5. The fourth-order valence-corrected chi connectivity index (χ4v) is 3.06. The predicted octanol–water partition coefficient (Wildman–Crippen LogP) is 1.24. The van der Waals surface area contributed by atoms with Gasteiger partial charge in [-0.3, -0.25) is 9.78 Å². The molecule has 0 fully saturated rings. The minimum absolute atomic E-state index is 0.00000816. The second-order valence-electron chi connectivity index (χ2n) is 6.54. The maximum absolute atomic E-state index is 12.8. The Morgan fingerprint density at radius 3 is 2.79 bits per heavy atom. The van der Waals surface area contributed by atoms with Crippen LogP contribution >= 0.6 is 0 Å². The minimum Gasteiger partial charge on any atom is -0.369 e. The van der Waals surface area contributed by atoms with Crippen LogP contribution in [0, 0.1) is 6.92 Å². The molecule has 2 aromatic heterocycles. The van der Waals surface area contributed by atoms with Gasteiger partial charge in [0.2, 0.25) is 5.91 Å². The predicted molar refractivity (Wildman–Crippen MR) is 107 cm³/mol. The third kappa shape index (κ3) is 4.30. The van der Waals surface area contributed by atoms with Crippen LogP contribution in [0.5, 0.6) is 0 Å². The lowest BCUT2D eigenvalue weighted by Gasteiger charge is -2.12. The minimum atomic E-state index is -0.460. The first-order chi connectivity index (χ1) is 13.9. The fraction of sp³-hybridized carbons (Fsp3) is 0.200. The summed E-state index contributed by atoms with van der Waals surface area (Å²) in [7, 11) is 0. The van der Waals surface area contributed by atoms with Gasteiger partial charge >= 0.3 is 5.69 Å². The molecular formula is C20H21FN6O2. The molecule has 1 amide bonds. The Bertz CT molecular complexity index is 1130. The Morgan fingerprint density at radius 2 is 2.10 bits per heavy atom. The average molecular weight is 396 g/mol. The largest absolute Gasteiger partial charge is 0.369 e. The van der Waals surface area contributed by atoms with Crippen LogP contribution < -0.4 is 17.2 Å². The lowest BCUT2D eigenvalue weighted by Crippen LogP contribution is -2.26. The molecule has 29 heavy (non-hydrogen) atoms. The lowest BCUT2D eigenvalue weighted by molar-refractivity contribution is -0.117. The summed E-state index contributed by atoms with van der Waals surface area (Å²) in [6.07, 6.45) is 3.45. The van der Waals surface area contributed by atoms with E-state index in [0.29, 0.717) is 17.7 Å². The zero-order valence-corrected chi connectivity index (χ0v) is 15.9. The van der Waals surface area contributed by atoms with Crippen LogP contribution in [0.1, 0.15) is 11.3 Å². The first-order valence-electron chi connectivity index (χ1n) is 8.90.